The van der Waals surface area contributed by atoms with Gasteiger partial charge in [-0.2, -0.15) is 0 Å². The first-order valence-corrected chi connectivity index (χ1v) is 12.1. The molecule has 1 atom stereocenters. The molecule has 0 aliphatic heterocycles. The van der Waals surface area contributed by atoms with Crippen LogP contribution in [0.5, 0.6) is 0 Å². The van der Waals surface area contributed by atoms with Gasteiger partial charge in [-0.3, -0.25) is 9.36 Å². The first kappa shape index (κ1) is 25.4. The third-order valence-corrected chi connectivity index (χ3v) is 6.14. The molecule has 5 rings (SSSR count). The predicted molar refractivity (Wildman–Crippen MR) is 148 cm³/mol. The zero-order valence-electron chi connectivity index (χ0n) is 20.5. The highest BCUT2D eigenvalue weighted by Crippen LogP contribution is 2.26. The normalized spacial score (nSPS) is 11.4. The molecule has 192 valence electrons. The maximum absolute atomic E-state index is 13.7. The molecule has 0 unspecified atom stereocenters. The van der Waals surface area contributed by atoms with Crippen molar-refractivity contribution in [1.29, 1.82) is 0 Å². The number of nitrogen functional groups attached to an aromatic ring is 1. The van der Waals surface area contributed by atoms with Crippen molar-refractivity contribution in [2.24, 2.45) is 0 Å². The summed E-state index contributed by atoms with van der Waals surface area (Å²) in [5, 5.41) is 13.1. The lowest BCUT2D eigenvalue weighted by molar-refractivity contribution is 0.0696. The lowest BCUT2D eigenvalue weighted by Crippen LogP contribution is -2.27. The van der Waals surface area contributed by atoms with E-state index in [9.17, 15) is 14.7 Å². The summed E-state index contributed by atoms with van der Waals surface area (Å²) in [6.45, 7) is 1.82. The molecule has 0 bridgehead atoms. The Bertz CT molecular complexity index is 1850. The standard InChI is InChI=1S/C28H20ClN7O3/c1-16(26-35-22-9-5-8-21(29)23(22)27(37)36(26)19-6-3-2-4-7-19)34-25-20(24(30)32-15-33-25)11-10-18-14-17(28(38)39)12-13-31-18/h2-9,12-16H,1H3,(H,38,39)(H3,30,32,33,34)/t16-/m0/s1. The summed E-state index contributed by atoms with van der Waals surface area (Å²) < 4.78 is 1.50. The van der Waals surface area contributed by atoms with Crippen LogP contribution in [0.25, 0.3) is 16.6 Å². The topological polar surface area (TPSA) is 149 Å². The van der Waals surface area contributed by atoms with Crippen molar-refractivity contribution in [3.8, 4) is 17.5 Å². The van der Waals surface area contributed by atoms with Crippen LogP contribution in [0.15, 0.2) is 78.0 Å². The van der Waals surface area contributed by atoms with E-state index in [2.05, 4.69) is 32.1 Å². The van der Waals surface area contributed by atoms with Crippen LogP contribution in [-0.2, 0) is 0 Å². The lowest BCUT2D eigenvalue weighted by Gasteiger charge is -2.21. The molecule has 0 amide bonds. The Morgan fingerprint density at radius 1 is 1.08 bits per heavy atom. The molecule has 0 saturated heterocycles. The van der Waals surface area contributed by atoms with E-state index < -0.39 is 12.0 Å². The van der Waals surface area contributed by atoms with Gasteiger partial charge in [0.1, 0.15) is 35.0 Å². The minimum Gasteiger partial charge on any atom is -0.478 e. The SMILES string of the molecule is C[C@H](Nc1ncnc(N)c1C#Cc1cc(C(=O)O)ccn1)c1nc2cccc(Cl)c2c(=O)n1-c1ccccc1. The maximum atomic E-state index is 13.7. The second kappa shape index (κ2) is 10.6. The molecule has 0 aliphatic rings. The number of rotatable bonds is 5. The number of hydrogen-bond acceptors (Lipinski definition) is 8. The summed E-state index contributed by atoms with van der Waals surface area (Å²) in [6.07, 6.45) is 2.65. The molecule has 0 radical (unpaired) electrons. The quantitative estimate of drug-likeness (QED) is 0.282. The molecule has 0 saturated carbocycles. The summed E-state index contributed by atoms with van der Waals surface area (Å²) in [7, 11) is 0. The number of nitrogens with one attached hydrogen (secondary N) is 1. The number of hydrogen-bond donors (Lipinski definition) is 3. The summed E-state index contributed by atoms with van der Waals surface area (Å²) in [6, 6.07) is 16.4. The number of carboxylic acids is 1. The molecular formula is C28H20ClN7O3. The van der Waals surface area contributed by atoms with Gasteiger partial charge in [0.25, 0.3) is 5.56 Å². The van der Waals surface area contributed by atoms with Crippen LogP contribution in [0.1, 0.15) is 40.4 Å². The molecule has 0 spiro atoms. The van der Waals surface area contributed by atoms with E-state index in [0.29, 0.717) is 33.3 Å². The number of aromatic nitrogens is 5. The largest absolute Gasteiger partial charge is 0.478 e. The molecule has 0 aliphatic carbocycles. The molecule has 5 aromatic rings. The molecule has 11 heteroatoms. The van der Waals surface area contributed by atoms with Gasteiger partial charge < -0.3 is 16.2 Å². The second-order valence-electron chi connectivity index (χ2n) is 8.41. The van der Waals surface area contributed by atoms with Gasteiger partial charge >= 0.3 is 5.97 Å². The van der Waals surface area contributed by atoms with Crippen LogP contribution in [0.3, 0.4) is 0 Å². The van der Waals surface area contributed by atoms with Crippen LogP contribution >= 0.6 is 11.6 Å². The van der Waals surface area contributed by atoms with Crippen LogP contribution in [-0.4, -0.2) is 35.6 Å². The molecule has 3 heterocycles. The highest BCUT2D eigenvalue weighted by molar-refractivity contribution is 6.35. The maximum Gasteiger partial charge on any atom is 0.335 e. The summed E-state index contributed by atoms with van der Waals surface area (Å²) >= 11 is 6.38. The number of nitrogens with two attached hydrogens (primary N) is 1. The Morgan fingerprint density at radius 3 is 2.64 bits per heavy atom. The minimum atomic E-state index is -1.09. The van der Waals surface area contributed by atoms with Crippen LogP contribution in [0.2, 0.25) is 5.02 Å². The first-order chi connectivity index (χ1) is 18.8. The summed E-state index contributed by atoms with van der Waals surface area (Å²) in [5.41, 5.74) is 7.46. The zero-order valence-corrected chi connectivity index (χ0v) is 21.2. The van der Waals surface area contributed by atoms with E-state index in [1.165, 1.54) is 29.2 Å². The number of pyridine rings is 1. The third kappa shape index (κ3) is 5.12. The van der Waals surface area contributed by atoms with E-state index >= 15 is 0 Å². The van der Waals surface area contributed by atoms with E-state index in [-0.39, 0.29) is 28.2 Å². The van der Waals surface area contributed by atoms with Gasteiger partial charge in [-0.15, -0.1) is 0 Å². The van der Waals surface area contributed by atoms with Crippen molar-refractivity contribution in [3.63, 3.8) is 0 Å². The van der Waals surface area contributed by atoms with Gasteiger partial charge in [-0.1, -0.05) is 41.8 Å². The number of aromatic carboxylic acids is 1. The molecule has 2 aromatic carbocycles. The van der Waals surface area contributed by atoms with E-state index in [0.717, 1.165) is 0 Å². The highest BCUT2D eigenvalue weighted by atomic mass is 35.5. The number of benzene rings is 2. The number of carboxylic acid groups (broad SMARTS) is 1. The fourth-order valence-electron chi connectivity index (χ4n) is 3.98. The monoisotopic (exact) mass is 537 g/mol. The van der Waals surface area contributed by atoms with Crippen LogP contribution in [0.4, 0.5) is 11.6 Å². The fourth-order valence-corrected chi connectivity index (χ4v) is 4.23. The molecule has 4 N–H and O–H groups in total. The summed E-state index contributed by atoms with van der Waals surface area (Å²) in [5.74, 6) is 5.44. The Labute approximate surface area is 227 Å². The fraction of sp³-hybridized carbons (Fsp3) is 0.0714. The van der Waals surface area contributed by atoms with Crippen molar-refractivity contribution in [2.45, 2.75) is 13.0 Å². The number of carbonyl (C=O) groups is 1. The Morgan fingerprint density at radius 2 is 1.87 bits per heavy atom. The van der Waals surface area contributed by atoms with Crippen molar-refractivity contribution in [1.82, 2.24) is 24.5 Å². The molecule has 3 aromatic heterocycles. The van der Waals surface area contributed by atoms with Crippen molar-refractivity contribution >= 4 is 40.1 Å². The van der Waals surface area contributed by atoms with Crippen molar-refractivity contribution in [3.05, 3.63) is 111 Å². The third-order valence-electron chi connectivity index (χ3n) is 5.83. The highest BCUT2D eigenvalue weighted by Gasteiger charge is 2.21. The number of anilines is 2. The Hall–Kier alpha value is -5.27. The summed E-state index contributed by atoms with van der Waals surface area (Å²) in [4.78, 5) is 42.2. The smallest absolute Gasteiger partial charge is 0.335 e. The zero-order chi connectivity index (χ0) is 27.5. The average Bonchev–Trinajstić information content (AvgIpc) is 2.93. The van der Waals surface area contributed by atoms with Gasteiger partial charge in [0.2, 0.25) is 0 Å². The van der Waals surface area contributed by atoms with E-state index in [4.69, 9.17) is 22.3 Å². The van der Waals surface area contributed by atoms with E-state index in [1.54, 1.807) is 30.3 Å². The van der Waals surface area contributed by atoms with Gasteiger partial charge in [0.15, 0.2) is 0 Å². The lowest BCUT2D eigenvalue weighted by atomic mass is 10.2. The Balaban J connectivity index is 1.59. The van der Waals surface area contributed by atoms with Gasteiger partial charge in [-0.25, -0.2) is 24.7 Å². The van der Waals surface area contributed by atoms with Crippen LogP contribution in [0, 0.1) is 11.8 Å². The van der Waals surface area contributed by atoms with Crippen molar-refractivity contribution < 1.29 is 9.90 Å². The molecule has 39 heavy (non-hydrogen) atoms. The number of halogens is 1. The Kier molecular flexibility index (Phi) is 6.91. The first-order valence-electron chi connectivity index (χ1n) is 11.7. The van der Waals surface area contributed by atoms with Gasteiger partial charge in [0.05, 0.1) is 33.2 Å². The predicted octanol–water partition coefficient (Wildman–Crippen LogP) is 4.08. The number of para-hydroxylation sites is 1. The minimum absolute atomic E-state index is 0.0555. The number of fused-ring (bicyclic) bond motifs is 1. The van der Waals surface area contributed by atoms with Crippen LogP contribution < -0.4 is 16.6 Å². The van der Waals surface area contributed by atoms with Gasteiger partial charge in [-0.05, 0) is 49.2 Å². The molecule has 10 nitrogen and oxygen atoms in total. The molecular weight excluding hydrogens is 518 g/mol. The average molecular weight is 538 g/mol. The molecule has 0 fully saturated rings. The van der Waals surface area contributed by atoms with E-state index in [1.807, 2.05) is 25.1 Å². The van der Waals surface area contributed by atoms with Crippen molar-refractivity contribution in [2.75, 3.05) is 11.1 Å². The number of nitrogens with zero attached hydrogens (tertiary/aromatic N) is 5. The second-order valence-corrected chi connectivity index (χ2v) is 8.82. The van der Waals surface area contributed by atoms with Gasteiger partial charge in [0, 0.05) is 6.20 Å².